The standard InChI is InChI=1S/2C9H15Si.2CH3.2ClH.H2Si.Zr/c2*1-8-5-6-9(7-8)10(2,3)4;;;;;;/h2*7H,5H2,1-4H3;2*1H3;2*1H;1H2;. The van der Waals surface area contributed by atoms with Crippen molar-refractivity contribution in [3.63, 3.8) is 0 Å². The zero-order valence-electron chi connectivity index (χ0n) is 18.6. The Bertz CT molecular complexity index is 719. The molecule has 0 bridgehead atoms. The fourth-order valence-electron chi connectivity index (χ4n) is 4.47. The van der Waals surface area contributed by atoms with Crippen molar-refractivity contribution in [2.75, 3.05) is 0 Å². The molecule has 0 saturated carbocycles. The maximum atomic E-state index is 2.74. The average molecular weight is 527 g/mol. The van der Waals surface area contributed by atoms with E-state index in [1.54, 1.807) is 21.5 Å². The number of hydrogen-bond acceptors (Lipinski definition) is 0. The summed E-state index contributed by atoms with van der Waals surface area (Å²) in [6.45, 7) is 22.4. The third kappa shape index (κ3) is 5.16. The molecule has 0 nitrogen and oxygen atoms in total. The zero-order chi connectivity index (χ0) is 18.7. The summed E-state index contributed by atoms with van der Waals surface area (Å²) < 4.78 is 9.34. The third-order valence-corrected chi connectivity index (χ3v) is 28.0. The smallest absolute Gasteiger partial charge is 0.147 e. The first-order valence-electron chi connectivity index (χ1n) is 9.42. The first kappa shape index (κ1) is 27.1. The SMILES string of the molecule is CC1=CC([Si](C)(C)C)=[C]([Zr]([CH3])([CH3])(=[SiH2])[C]2=C([Si](C)(C)C)C=C(C)C2)C1.Cl.Cl. The van der Waals surface area contributed by atoms with E-state index in [0.717, 1.165) is 0 Å². The Kier molecular flexibility index (Phi) is 8.40. The molecular formula is C20H40Cl2Si3Zr. The van der Waals surface area contributed by atoms with Gasteiger partial charge in [0.15, 0.2) is 0 Å². The number of halogens is 2. The summed E-state index contributed by atoms with van der Waals surface area (Å²) in [7, 11) is -2.58. The Morgan fingerprint density at radius 1 is 0.731 bits per heavy atom. The van der Waals surface area contributed by atoms with Gasteiger partial charge in [-0.3, -0.25) is 0 Å². The Morgan fingerprint density at radius 3 is 1.23 bits per heavy atom. The van der Waals surface area contributed by atoms with E-state index in [0.29, 0.717) is 0 Å². The van der Waals surface area contributed by atoms with E-state index >= 15 is 0 Å². The maximum absolute atomic E-state index is 3.08. The Morgan fingerprint density at radius 2 is 1.00 bits per heavy atom. The van der Waals surface area contributed by atoms with Crippen molar-refractivity contribution < 1.29 is 17.4 Å². The molecule has 0 aromatic carbocycles. The molecule has 150 valence electrons. The predicted molar refractivity (Wildman–Crippen MR) is 132 cm³/mol. The Balaban J connectivity index is 0.00000312. The van der Waals surface area contributed by atoms with Crippen molar-refractivity contribution in [2.24, 2.45) is 0 Å². The summed E-state index contributed by atoms with van der Waals surface area (Å²) in [5.41, 5.74) is 3.21. The van der Waals surface area contributed by atoms with Gasteiger partial charge in [-0.2, -0.15) is 0 Å². The first-order chi connectivity index (χ1) is 10.5. The van der Waals surface area contributed by atoms with Gasteiger partial charge in [0.05, 0.1) is 0 Å². The summed E-state index contributed by atoms with van der Waals surface area (Å²) in [4.78, 5) is 0. The molecule has 6 heteroatoms. The topological polar surface area (TPSA) is 0 Å². The molecule has 26 heavy (non-hydrogen) atoms. The van der Waals surface area contributed by atoms with Crippen LogP contribution in [-0.2, 0) is 17.4 Å². The second-order valence-electron chi connectivity index (χ2n) is 11.3. The van der Waals surface area contributed by atoms with Crippen LogP contribution in [0.5, 0.6) is 0 Å². The fourth-order valence-corrected chi connectivity index (χ4v) is 33.6. The van der Waals surface area contributed by atoms with E-state index in [2.05, 4.69) is 81.4 Å². The molecule has 0 saturated heterocycles. The van der Waals surface area contributed by atoms with E-state index in [9.17, 15) is 0 Å². The van der Waals surface area contributed by atoms with E-state index in [4.69, 9.17) is 0 Å². The second kappa shape index (κ2) is 8.07. The molecule has 0 aliphatic heterocycles. The van der Waals surface area contributed by atoms with Crippen LogP contribution in [0.4, 0.5) is 0 Å². The molecule has 0 atom stereocenters. The van der Waals surface area contributed by atoms with Crippen molar-refractivity contribution >= 4 is 47.8 Å². The van der Waals surface area contributed by atoms with E-state index < -0.39 is 33.5 Å². The van der Waals surface area contributed by atoms with Crippen LogP contribution in [0, 0.1) is 0 Å². The number of hydrogen-bond donors (Lipinski definition) is 0. The van der Waals surface area contributed by atoms with Gasteiger partial charge in [0.25, 0.3) is 0 Å². The van der Waals surface area contributed by atoms with E-state index in [1.807, 2.05) is 6.56 Å². The minimum atomic E-state index is -3.08. The van der Waals surface area contributed by atoms with Crippen LogP contribution in [0.2, 0.25) is 48.5 Å². The largest absolute Gasteiger partial charge is 0.147 e. The summed E-state index contributed by atoms with van der Waals surface area (Å²) >= 11 is -3.08. The van der Waals surface area contributed by atoms with Crippen molar-refractivity contribution in [1.29, 1.82) is 0 Å². The van der Waals surface area contributed by atoms with Crippen molar-refractivity contribution in [1.82, 2.24) is 0 Å². The minimum absolute atomic E-state index is 0. The molecule has 2 aliphatic rings. The van der Waals surface area contributed by atoms with Gasteiger partial charge in [-0.25, -0.2) is 0 Å². The normalized spacial score (nSPS) is 19.2. The van der Waals surface area contributed by atoms with Gasteiger partial charge in [-0.1, -0.05) is 0 Å². The van der Waals surface area contributed by atoms with Crippen LogP contribution in [0.1, 0.15) is 26.7 Å². The zero-order valence-corrected chi connectivity index (χ0v) is 26.1. The van der Waals surface area contributed by atoms with Gasteiger partial charge in [-0.15, -0.1) is 24.8 Å². The first-order valence-corrected chi connectivity index (χ1v) is 29.7. The van der Waals surface area contributed by atoms with Gasteiger partial charge >= 0.3 is 156 Å². The van der Waals surface area contributed by atoms with Crippen LogP contribution < -0.4 is 0 Å². The molecule has 2 rings (SSSR count). The Hall–Kier alpha value is 1.07. The summed E-state index contributed by atoms with van der Waals surface area (Å²) in [6.07, 6.45) is 7.70. The van der Waals surface area contributed by atoms with Crippen LogP contribution in [0.25, 0.3) is 0 Å². The van der Waals surface area contributed by atoms with Gasteiger partial charge in [0.1, 0.15) is 0 Å². The number of allylic oxidation sites excluding steroid dienone is 8. The van der Waals surface area contributed by atoms with Crippen molar-refractivity contribution in [3.8, 4) is 0 Å². The van der Waals surface area contributed by atoms with Crippen molar-refractivity contribution in [3.05, 3.63) is 40.3 Å². The monoisotopic (exact) mass is 524 g/mol. The number of rotatable bonds is 4. The molecule has 0 radical (unpaired) electrons. The van der Waals surface area contributed by atoms with Crippen molar-refractivity contribution in [2.45, 2.75) is 75.2 Å². The Labute approximate surface area is 179 Å². The van der Waals surface area contributed by atoms with Crippen LogP contribution in [0.3, 0.4) is 0 Å². The second-order valence-corrected chi connectivity index (χ2v) is 50.1. The average Bonchev–Trinajstić information content (AvgIpc) is 2.91. The molecular weight excluding hydrogens is 487 g/mol. The molecule has 0 heterocycles. The molecule has 0 fully saturated rings. The van der Waals surface area contributed by atoms with Crippen LogP contribution in [-0.4, -0.2) is 23.0 Å². The molecule has 0 amide bonds. The van der Waals surface area contributed by atoms with E-state index in [1.165, 1.54) is 12.8 Å². The van der Waals surface area contributed by atoms with Gasteiger partial charge in [-0.05, 0) is 0 Å². The molecule has 0 unspecified atom stereocenters. The quantitative estimate of drug-likeness (QED) is 0.342. The predicted octanol–water partition coefficient (Wildman–Crippen LogP) is 7.13. The molecule has 2 aliphatic carbocycles. The van der Waals surface area contributed by atoms with Crippen LogP contribution in [0.15, 0.2) is 40.3 Å². The van der Waals surface area contributed by atoms with Gasteiger partial charge in [0, 0.05) is 0 Å². The summed E-state index contributed by atoms with van der Waals surface area (Å²) in [6, 6.07) is 0. The fraction of sp³-hybridized carbons (Fsp3) is 0.600. The molecule has 0 aromatic heterocycles. The molecule has 0 aromatic rings. The maximum Gasteiger partial charge on any atom is -0.147 e. The summed E-state index contributed by atoms with van der Waals surface area (Å²) in [5, 5.41) is 3.61. The minimum Gasteiger partial charge on any atom is -0.147 e. The third-order valence-electron chi connectivity index (χ3n) is 5.89. The summed E-state index contributed by atoms with van der Waals surface area (Å²) in [5.74, 6) is 0. The molecule has 0 spiro atoms. The van der Waals surface area contributed by atoms with E-state index in [-0.39, 0.29) is 24.8 Å². The molecule has 0 N–H and O–H groups in total. The van der Waals surface area contributed by atoms with Crippen LogP contribution >= 0.6 is 24.8 Å². The van der Waals surface area contributed by atoms with Gasteiger partial charge < -0.3 is 0 Å². The van der Waals surface area contributed by atoms with Gasteiger partial charge in [0.2, 0.25) is 0 Å².